The van der Waals surface area contributed by atoms with E-state index >= 15 is 0 Å². The van der Waals surface area contributed by atoms with Crippen LogP contribution in [0.3, 0.4) is 0 Å². The normalized spacial score (nSPS) is 25.8. The SMILES string of the molecule is CC(C)[C@@H]1CC[C@@H](C)C[C@H]1C(=O)NC[C@H](C)NC(=O)[C@@H](C)NC(=O)O. The van der Waals surface area contributed by atoms with Gasteiger partial charge in [0.1, 0.15) is 6.04 Å². The zero-order valence-corrected chi connectivity index (χ0v) is 16.0. The maximum absolute atomic E-state index is 12.6. The van der Waals surface area contributed by atoms with E-state index in [0.29, 0.717) is 24.3 Å². The van der Waals surface area contributed by atoms with Crippen molar-refractivity contribution in [2.24, 2.45) is 23.7 Å². The fourth-order valence-corrected chi connectivity index (χ4v) is 3.56. The Kier molecular flexibility index (Phi) is 8.19. The minimum atomic E-state index is -1.24. The second kappa shape index (κ2) is 9.63. The topological polar surface area (TPSA) is 108 Å². The van der Waals surface area contributed by atoms with Crippen molar-refractivity contribution in [2.45, 2.75) is 66.0 Å². The Morgan fingerprint density at radius 2 is 1.72 bits per heavy atom. The fraction of sp³-hybridized carbons (Fsp3) is 0.833. The van der Waals surface area contributed by atoms with Gasteiger partial charge in [-0.1, -0.05) is 27.2 Å². The number of hydrogen-bond acceptors (Lipinski definition) is 3. The minimum absolute atomic E-state index is 0.0271. The monoisotopic (exact) mass is 355 g/mol. The second-order valence-corrected chi connectivity index (χ2v) is 7.76. The van der Waals surface area contributed by atoms with Crippen molar-refractivity contribution in [1.29, 1.82) is 0 Å². The van der Waals surface area contributed by atoms with E-state index in [1.165, 1.54) is 13.3 Å². The van der Waals surface area contributed by atoms with Crippen molar-refractivity contribution in [3.8, 4) is 0 Å². The molecule has 0 spiro atoms. The first-order valence-electron chi connectivity index (χ1n) is 9.19. The summed E-state index contributed by atoms with van der Waals surface area (Å²) in [6.07, 6.45) is 1.93. The number of nitrogens with one attached hydrogen (secondary N) is 3. The molecule has 144 valence electrons. The van der Waals surface area contributed by atoms with Crippen LogP contribution in [0.5, 0.6) is 0 Å². The van der Waals surface area contributed by atoms with Crippen molar-refractivity contribution >= 4 is 17.9 Å². The van der Waals surface area contributed by atoms with E-state index in [4.69, 9.17) is 5.11 Å². The summed E-state index contributed by atoms with van der Waals surface area (Å²) in [5, 5.41) is 16.4. The number of amides is 3. The zero-order chi connectivity index (χ0) is 19.1. The molecule has 0 radical (unpaired) electrons. The smallest absolute Gasteiger partial charge is 0.405 e. The summed E-state index contributed by atoms with van der Waals surface area (Å²) in [5.41, 5.74) is 0. The molecule has 0 aromatic rings. The largest absolute Gasteiger partial charge is 0.465 e. The van der Waals surface area contributed by atoms with E-state index in [1.54, 1.807) is 6.92 Å². The molecule has 4 N–H and O–H groups in total. The summed E-state index contributed by atoms with van der Waals surface area (Å²) in [6.45, 7) is 10.1. The van der Waals surface area contributed by atoms with Gasteiger partial charge in [-0.3, -0.25) is 9.59 Å². The van der Waals surface area contributed by atoms with Crippen LogP contribution in [0.2, 0.25) is 0 Å². The molecule has 1 saturated carbocycles. The van der Waals surface area contributed by atoms with Gasteiger partial charge in [0, 0.05) is 18.5 Å². The predicted molar refractivity (Wildman–Crippen MR) is 96.1 cm³/mol. The molecule has 0 aliphatic heterocycles. The molecule has 25 heavy (non-hydrogen) atoms. The van der Waals surface area contributed by atoms with Gasteiger partial charge in [-0.2, -0.15) is 0 Å². The van der Waals surface area contributed by atoms with Crippen molar-refractivity contribution in [1.82, 2.24) is 16.0 Å². The number of carbonyl (C=O) groups is 3. The number of rotatable bonds is 7. The Hall–Kier alpha value is -1.79. The van der Waals surface area contributed by atoms with Crippen LogP contribution in [0.15, 0.2) is 0 Å². The highest BCUT2D eigenvalue weighted by Crippen LogP contribution is 2.38. The fourth-order valence-electron chi connectivity index (χ4n) is 3.56. The lowest BCUT2D eigenvalue weighted by Crippen LogP contribution is -2.50. The molecule has 0 aromatic heterocycles. The van der Waals surface area contributed by atoms with Gasteiger partial charge in [0.15, 0.2) is 0 Å². The standard InChI is InChI=1S/C18H33N3O4/c1-10(2)14-7-6-11(3)8-15(14)17(23)19-9-12(4)20-16(22)13(5)21-18(24)25/h10-15,21H,6-9H2,1-5H3,(H,19,23)(H,20,22)(H,24,25)/t11-,12+,13-,14+,15-/m1/s1. The molecule has 0 bridgehead atoms. The maximum Gasteiger partial charge on any atom is 0.405 e. The highest BCUT2D eigenvalue weighted by atomic mass is 16.4. The van der Waals surface area contributed by atoms with E-state index in [1.807, 2.05) is 0 Å². The molecule has 3 amide bonds. The lowest BCUT2D eigenvalue weighted by atomic mass is 9.70. The minimum Gasteiger partial charge on any atom is -0.465 e. The van der Waals surface area contributed by atoms with Gasteiger partial charge < -0.3 is 21.1 Å². The summed E-state index contributed by atoms with van der Waals surface area (Å²) in [7, 11) is 0. The van der Waals surface area contributed by atoms with Crippen LogP contribution in [0.25, 0.3) is 0 Å². The van der Waals surface area contributed by atoms with Gasteiger partial charge >= 0.3 is 6.09 Å². The Balaban J connectivity index is 2.48. The van der Waals surface area contributed by atoms with Crippen molar-refractivity contribution in [3.05, 3.63) is 0 Å². The van der Waals surface area contributed by atoms with Gasteiger partial charge in [0.05, 0.1) is 0 Å². The molecule has 0 heterocycles. The zero-order valence-electron chi connectivity index (χ0n) is 16.0. The van der Waals surface area contributed by atoms with Crippen molar-refractivity contribution in [3.63, 3.8) is 0 Å². The van der Waals surface area contributed by atoms with Crippen LogP contribution in [-0.4, -0.2) is 41.6 Å². The third-order valence-electron chi connectivity index (χ3n) is 5.06. The van der Waals surface area contributed by atoms with Gasteiger partial charge in [0.25, 0.3) is 0 Å². The average Bonchev–Trinajstić information content (AvgIpc) is 2.51. The number of hydrogen-bond donors (Lipinski definition) is 4. The van der Waals surface area contributed by atoms with E-state index in [0.717, 1.165) is 12.8 Å². The van der Waals surface area contributed by atoms with Crippen LogP contribution in [0, 0.1) is 23.7 Å². The van der Waals surface area contributed by atoms with E-state index in [-0.39, 0.29) is 17.9 Å². The molecule has 1 rings (SSSR count). The quantitative estimate of drug-likeness (QED) is 0.560. The van der Waals surface area contributed by atoms with Crippen molar-refractivity contribution in [2.75, 3.05) is 6.54 Å². The maximum atomic E-state index is 12.6. The van der Waals surface area contributed by atoms with Crippen LogP contribution in [0.4, 0.5) is 4.79 Å². The molecular formula is C18H33N3O4. The van der Waals surface area contributed by atoms with E-state index < -0.39 is 18.0 Å². The lowest BCUT2D eigenvalue weighted by molar-refractivity contribution is -0.130. The Labute approximate surface area is 150 Å². The van der Waals surface area contributed by atoms with Crippen LogP contribution in [-0.2, 0) is 9.59 Å². The van der Waals surface area contributed by atoms with E-state index in [2.05, 4.69) is 36.7 Å². The van der Waals surface area contributed by atoms with Crippen LogP contribution in [0.1, 0.15) is 53.9 Å². The Morgan fingerprint density at radius 1 is 1.08 bits per heavy atom. The third kappa shape index (κ3) is 6.92. The van der Waals surface area contributed by atoms with Crippen molar-refractivity contribution < 1.29 is 19.5 Å². The van der Waals surface area contributed by atoms with Crippen LogP contribution >= 0.6 is 0 Å². The highest BCUT2D eigenvalue weighted by Gasteiger charge is 2.35. The highest BCUT2D eigenvalue weighted by molar-refractivity contribution is 5.85. The molecule has 7 nitrogen and oxygen atoms in total. The van der Waals surface area contributed by atoms with Gasteiger partial charge in [-0.25, -0.2) is 4.79 Å². The summed E-state index contributed by atoms with van der Waals surface area (Å²) in [4.78, 5) is 35.0. The average molecular weight is 355 g/mol. The first-order chi connectivity index (χ1) is 11.6. The second-order valence-electron chi connectivity index (χ2n) is 7.76. The summed E-state index contributed by atoms with van der Waals surface area (Å²) >= 11 is 0. The molecule has 0 aromatic carbocycles. The molecule has 1 fully saturated rings. The molecule has 5 atom stereocenters. The Bertz CT molecular complexity index is 481. The van der Waals surface area contributed by atoms with Gasteiger partial charge in [-0.15, -0.1) is 0 Å². The van der Waals surface area contributed by atoms with Crippen LogP contribution < -0.4 is 16.0 Å². The first-order valence-corrected chi connectivity index (χ1v) is 9.19. The molecule has 1 aliphatic carbocycles. The lowest BCUT2D eigenvalue weighted by Gasteiger charge is -2.36. The molecule has 0 saturated heterocycles. The first kappa shape index (κ1) is 21.3. The summed E-state index contributed by atoms with van der Waals surface area (Å²) in [5.74, 6) is 1.12. The molecular weight excluding hydrogens is 322 g/mol. The summed E-state index contributed by atoms with van der Waals surface area (Å²) in [6, 6.07) is -1.10. The number of carbonyl (C=O) groups excluding carboxylic acids is 2. The molecule has 0 unspecified atom stereocenters. The summed E-state index contributed by atoms with van der Waals surface area (Å²) < 4.78 is 0. The van der Waals surface area contributed by atoms with E-state index in [9.17, 15) is 14.4 Å². The molecule has 1 aliphatic rings. The third-order valence-corrected chi connectivity index (χ3v) is 5.06. The number of carboxylic acid groups (broad SMARTS) is 1. The molecule has 7 heteroatoms. The van der Waals surface area contributed by atoms with Gasteiger partial charge in [-0.05, 0) is 44.4 Å². The predicted octanol–water partition coefficient (Wildman–Crippen LogP) is 1.97. The Morgan fingerprint density at radius 3 is 2.28 bits per heavy atom. The van der Waals surface area contributed by atoms with Gasteiger partial charge in [0.2, 0.25) is 11.8 Å².